The Morgan fingerprint density at radius 2 is 1.07 bits per heavy atom. The van der Waals surface area contributed by atoms with E-state index in [9.17, 15) is 9.59 Å². The van der Waals surface area contributed by atoms with E-state index in [0.717, 1.165) is 0 Å². The van der Waals surface area contributed by atoms with Crippen LogP contribution in [0.4, 0.5) is 21.0 Å². The molecule has 0 fully saturated rings. The van der Waals surface area contributed by atoms with Crippen LogP contribution in [0.1, 0.15) is 0 Å². The number of benzene rings is 3. The minimum absolute atomic E-state index is 0.235. The molecule has 3 rings (SSSR count). The Hall–Kier alpha value is -3.22. The number of carbonyl (C=O) groups excluding carboxylic acids is 2. The van der Waals surface area contributed by atoms with Crippen molar-refractivity contribution in [3.63, 3.8) is 0 Å². The van der Waals surface area contributed by atoms with Crippen LogP contribution in [0.25, 0.3) is 0 Å². The average Bonchev–Trinajstić information content (AvgIpc) is 2.66. The number of hydrogen-bond acceptors (Lipinski definition) is 4. The van der Waals surface area contributed by atoms with Crippen LogP contribution in [-0.4, -0.2) is 12.2 Å². The highest BCUT2D eigenvalue weighted by atomic mass is 35.5. The summed E-state index contributed by atoms with van der Waals surface area (Å²) in [5, 5.41) is 5.74. The SMILES string of the molecule is O=C(Nc1cccc(NC(=O)Oc2ccccc2Cl)c1)Oc1ccccc1Cl. The molecule has 0 spiro atoms. The molecule has 0 saturated heterocycles. The lowest BCUT2D eigenvalue weighted by molar-refractivity contribution is 0.214. The van der Waals surface area contributed by atoms with Gasteiger partial charge in [0.15, 0.2) is 11.5 Å². The molecule has 0 aromatic heterocycles. The molecule has 6 nitrogen and oxygen atoms in total. The number of para-hydroxylation sites is 2. The number of ether oxygens (including phenoxy) is 2. The molecule has 0 heterocycles. The second kappa shape index (κ2) is 9.12. The first-order valence-corrected chi connectivity index (χ1v) is 8.83. The highest BCUT2D eigenvalue weighted by Crippen LogP contribution is 2.25. The van der Waals surface area contributed by atoms with Gasteiger partial charge in [-0.1, -0.05) is 53.5 Å². The Morgan fingerprint density at radius 1 is 0.643 bits per heavy atom. The average molecular weight is 417 g/mol. The number of halogens is 2. The molecule has 2 amide bonds. The maximum Gasteiger partial charge on any atom is 0.417 e. The van der Waals surface area contributed by atoms with Crippen LogP contribution in [0, 0.1) is 0 Å². The van der Waals surface area contributed by atoms with Crippen molar-refractivity contribution in [2.75, 3.05) is 10.6 Å². The molecule has 0 aliphatic carbocycles. The van der Waals surface area contributed by atoms with Crippen LogP contribution in [-0.2, 0) is 0 Å². The Labute approximate surface area is 171 Å². The lowest BCUT2D eigenvalue weighted by Gasteiger charge is -2.10. The maximum absolute atomic E-state index is 12.0. The van der Waals surface area contributed by atoms with Crippen molar-refractivity contribution in [3.8, 4) is 11.5 Å². The van der Waals surface area contributed by atoms with Gasteiger partial charge in [0.2, 0.25) is 0 Å². The third-order valence-electron chi connectivity index (χ3n) is 3.43. The molecule has 0 radical (unpaired) electrons. The van der Waals surface area contributed by atoms with Gasteiger partial charge in [-0.2, -0.15) is 0 Å². The number of carbonyl (C=O) groups is 2. The first kappa shape index (κ1) is 19.5. The summed E-state index contributed by atoms with van der Waals surface area (Å²) in [6.45, 7) is 0. The van der Waals surface area contributed by atoms with E-state index in [1.165, 1.54) is 0 Å². The minimum Gasteiger partial charge on any atom is -0.409 e. The van der Waals surface area contributed by atoms with Crippen molar-refractivity contribution >= 4 is 46.8 Å². The van der Waals surface area contributed by atoms with Gasteiger partial charge in [0.25, 0.3) is 0 Å². The van der Waals surface area contributed by atoms with Crippen LogP contribution >= 0.6 is 23.2 Å². The van der Waals surface area contributed by atoms with Gasteiger partial charge >= 0.3 is 12.2 Å². The summed E-state index contributed by atoms with van der Waals surface area (Å²) < 4.78 is 10.3. The largest absolute Gasteiger partial charge is 0.417 e. The van der Waals surface area contributed by atoms with Crippen LogP contribution in [0.5, 0.6) is 11.5 Å². The van der Waals surface area contributed by atoms with E-state index in [4.69, 9.17) is 32.7 Å². The maximum atomic E-state index is 12.0. The molecule has 8 heteroatoms. The van der Waals surface area contributed by atoms with Gasteiger partial charge in [-0.05, 0) is 42.5 Å². The molecule has 2 N–H and O–H groups in total. The summed E-state index contributed by atoms with van der Waals surface area (Å²) in [6.07, 6.45) is -1.44. The standard InChI is InChI=1S/C20H14Cl2N2O4/c21-15-8-1-3-10-17(15)27-19(25)23-13-6-5-7-14(12-13)24-20(26)28-18-11-4-2-9-16(18)22/h1-12H,(H,23,25)(H,24,26). The molecule has 0 bridgehead atoms. The van der Waals surface area contributed by atoms with Crippen molar-refractivity contribution in [3.05, 3.63) is 82.8 Å². The van der Waals surface area contributed by atoms with Gasteiger partial charge < -0.3 is 9.47 Å². The molecule has 0 atom stereocenters. The first-order valence-electron chi connectivity index (χ1n) is 8.08. The van der Waals surface area contributed by atoms with Crippen LogP contribution in [0.15, 0.2) is 72.8 Å². The van der Waals surface area contributed by atoms with Crippen molar-refractivity contribution in [1.82, 2.24) is 0 Å². The van der Waals surface area contributed by atoms with Crippen molar-refractivity contribution < 1.29 is 19.1 Å². The molecule has 3 aromatic rings. The molecule has 142 valence electrons. The summed E-state index contributed by atoms with van der Waals surface area (Å²) in [6, 6.07) is 19.7. The monoisotopic (exact) mass is 416 g/mol. The van der Waals surface area contributed by atoms with Crippen molar-refractivity contribution in [1.29, 1.82) is 0 Å². The number of anilines is 2. The van der Waals surface area contributed by atoms with E-state index in [1.807, 2.05) is 0 Å². The number of rotatable bonds is 4. The van der Waals surface area contributed by atoms with Gasteiger partial charge in [0.1, 0.15) is 0 Å². The number of amides is 2. The van der Waals surface area contributed by atoms with E-state index in [0.29, 0.717) is 21.4 Å². The van der Waals surface area contributed by atoms with E-state index in [1.54, 1.807) is 72.8 Å². The van der Waals surface area contributed by atoms with E-state index < -0.39 is 12.2 Å². The predicted molar refractivity (Wildman–Crippen MR) is 109 cm³/mol. The predicted octanol–water partition coefficient (Wildman–Crippen LogP) is 6.22. The van der Waals surface area contributed by atoms with Crippen LogP contribution < -0.4 is 20.1 Å². The zero-order chi connectivity index (χ0) is 19.9. The summed E-state index contributed by atoms with van der Waals surface area (Å²) in [7, 11) is 0. The fourth-order valence-electron chi connectivity index (χ4n) is 2.22. The number of hydrogen-bond donors (Lipinski definition) is 2. The van der Waals surface area contributed by atoms with E-state index in [2.05, 4.69) is 10.6 Å². The molecular weight excluding hydrogens is 403 g/mol. The van der Waals surface area contributed by atoms with Gasteiger partial charge in [-0.25, -0.2) is 9.59 Å². The molecule has 0 aliphatic heterocycles. The summed E-state index contributed by atoms with van der Waals surface area (Å²) in [5.41, 5.74) is 0.820. The fraction of sp³-hybridized carbons (Fsp3) is 0. The Kier molecular flexibility index (Phi) is 6.37. The summed E-state index contributed by atoms with van der Waals surface area (Å²) >= 11 is 11.9. The smallest absolute Gasteiger partial charge is 0.409 e. The van der Waals surface area contributed by atoms with E-state index >= 15 is 0 Å². The quantitative estimate of drug-likeness (QED) is 0.529. The van der Waals surface area contributed by atoms with Crippen LogP contribution in [0.2, 0.25) is 10.0 Å². The fourth-order valence-corrected chi connectivity index (χ4v) is 2.56. The zero-order valence-electron chi connectivity index (χ0n) is 14.3. The Morgan fingerprint density at radius 3 is 1.50 bits per heavy atom. The van der Waals surface area contributed by atoms with Crippen molar-refractivity contribution in [2.45, 2.75) is 0 Å². The topological polar surface area (TPSA) is 76.7 Å². The summed E-state index contributed by atoms with van der Waals surface area (Å²) in [4.78, 5) is 24.1. The van der Waals surface area contributed by atoms with Gasteiger partial charge in [0.05, 0.1) is 10.0 Å². The zero-order valence-corrected chi connectivity index (χ0v) is 15.8. The second-order valence-electron chi connectivity index (χ2n) is 5.47. The Balaban J connectivity index is 1.60. The molecular formula is C20H14Cl2N2O4. The Bertz CT molecular complexity index is 934. The number of nitrogens with one attached hydrogen (secondary N) is 2. The molecule has 0 unspecified atom stereocenters. The van der Waals surface area contributed by atoms with E-state index in [-0.39, 0.29) is 11.5 Å². The van der Waals surface area contributed by atoms with Gasteiger partial charge in [-0.15, -0.1) is 0 Å². The van der Waals surface area contributed by atoms with Gasteiger partial charge in [0, 0.05) is 11.4 Å². The molecule has 3 aromatic carbocycles. The molecule has 0 saturated carbocycles. The minimum atomic E-state index is -0.719. The normalized spacial score (nSPS) is 10.1. The highest BCUT2D eigenvalue weighted by Gasteiger charge is 2.11. The molecule has 0 aliphatic rings. The second-order valence-corrected chi connectivity index (χ2v) is 6.29. The third kappa shape index (κ3) is 5.39. The highest BCUT2D eigenvalue weighted by molar-refractivity contribution is 6.32. The van der Waals surface area contributed by atoms with Gasteiger partial charge in [-0.3, -0.25) is 10.6 Å². The van der Waals surface area contributed by atoms with Crippen molar-refractivity contribution in [2.24, 2.45) is 0 Å². The van der Waals surface area contributed by atoms with Crippen LogP contribution in [0.3, 0.4) is 0 Å². The lowest BCUT2D eigenvalue weighted by Crippen LogP contribution is -2.18. The molecule has 28 heavy (non-hydrogen) atoms. The summed E-state index contributed by atoms with van der Waals surface area (Å²) in [5.74, 6) is 0.471. The third-order valence-corrected chi connectivity index (χ3v) is 4.06. The first-order chi connectivity index (χ1) is 13.5. The lowest BCUT2D eigenvalue weighted by atomic mass is 10.3.